The Morgan fingerprint density at radius 1 is 1.03 bits per heavy atom. The van der Waals surface area contributed by atoms with Gasteiger partial charge in [0.15, 0.2) is 6.61 Å². The molecule has 10 heteroatoms. The molecule has 0 bridgehead atoms. The van der Waals surface area contributed by atoms with Crippen molar-refractivity contribution in [1.29, 1.82) is 0 Å². The van der Waals surface area contributed by atoms with Crippen molar-refractivity contribution in [2.45, 2.75) is 25.1 Å². The minimum Gasteiger partial charge on any atom is -0.484 e. The van der Waals surface area contributed by atoms with Crippen LogP contribution in [0.25, 0.3) is 0 Å². The van der Waals surface area contributed by atoms with Gasteiger partial charge in [0, 0.05) is 7.05 Å². The van der Waals surface area contributed by atoms with E-state index in [0.29, 0.717) is 11.4 Å². The maximum absolute atomic E-state index is 12.9. The van der Waals surface area contributed by atoms with Crippen molar-refractivity contribution < 1.29 is 17.9 Å². The summed E-state index contributed by atoms with van der Waals surface area (Å²) < 4.78 is 32.1. The topological polar surface area (TPSA) is 101 Å². The monoisotopic (exact) mass is 446 g/mol. The molecule has 0 saturated heterocycles. The van der Waals surface area contributed by atoms with Gasteiger partial charge in [-0.05, 0) is 56.2 Å². The Labute approximate surface area is 179 Å². The number of hydrogen-bond donors (Lipinski definition) is 1. The summed E-state index contributed by atoms with van der Waals surface area (Å²) in [6.07, 6.45) is 0. The number of carbonyl (C=O) groups excluding carboxylic acids is 1. The highest BCUT2D eigenvalue weighted by molar-refractivity contribution is 7.94. The molecule has 0 aliphatic rings. The van der Waals surface area contributed by atoms with Crippen LogP contribution in [-0.2, 0) is 14.8 Å². The van der Waals surface area contributed by atoms with E-state index in [-0.39, 0.29) is 16.1 Å². The van der Waals surface area contributed by atoms with E-state index >= 15 is 0 Å². The Kier molecular flexibility index (Phi) is 6.37. The van der Waals surface area contributed by atoms with E-state index in [4.69, 9.17) is 4.74 Å². The number of hydrogen-bond acceptors (Lipinski definition) is 7. The van der Waals surface area contributed by atoms with Crippen LogP contribution >= 0.6 is 11.3 Å². The highest BCUT2D eigenvalue weighted by Gasteiger charge is 2.27. The summed E-state index contributed by atoms with van der Waals surface area (Å²) in [5.74, 6) is 0.102. The van der Waals surface area contributed by atoms with E-state index in [9.17, 15) is 13.2 Å². The standard InChI is InChI=1S/C20H22N4O4S2/c1-13-5-7-17(8-6-13)28-12-18(25)21-19-22-23-20(29-19)30(26,27)24(4)16-10-14(2)9-15(3)11-16/h5-11H,12H2,1-4H3,(H,21,22,25). The molecule has 0 aliphatic heterocycles. The first-order valence-corrected chi connectivity index (χ1v) is 11.3. The number of aryl methyl sites for hydroxylation is 3. The molecule has 0 atom stereocenters. The molecule has 2 aromatic carbocycles. The summed E-state index contributed by atoms with van der Waals surface area (Å²) in [7, 11) is -2.45. The number of sulfonamides is 1. The fourth-order valence-corrected chi connectivity index (χ4v) is 4.94. The summed E-state index contributed by atoms with van der Waals surface area (Å²) in [6.45, 7) is 5.52. The van der Waals surface area contributed by atoms with Crippen molar-refractivity contribution in [1.82, 2.24) is 10.2 Å². The second kappa shape index (κ2) is 8.80. The number of nitrogens with zero attached hydrogens (tertiary/aromatic N) is 3. The van der Waals surface area contributed by atoms with Crippen LogP contribution in [0, 0.1) is 20.8 Å². The van der Waals surface area contributed by atoms with E-state index in [1.54, 1.807) is 24.3 Å². The van der Waals surface area contributed by atoms with Gasteiger partial charge < -0.3 is 4.74 Å². The van der Waals surface area contributed by atoms with Crippen molar-refractivity contribution in [3.8, 4) is 5.75 Å². The zero-order valence-electron chi connectivity index (χ0n) is 17.0. The fraction of sp³-hybridized carbons (Fsp3) is 0.250. The van der Waals surface area contributed by atoms with Gasteiger partial charge in [-0.1, -0.05) is 35.1 Å². The molecule has 3 aromatic rings. The lowest BCUT2D eigenvalue weighted by molar-refractivity contribution is -0.118. The first-order valence-electron chi connectivity index (χ1n) is 9.05. The zero-order chi connectivity index (χ0) is 21.9. The summed E-state index contributed by atoms with van der Waals surface area (Å²) in [5, 5.41) is 10.1. The van der Waals surface area contributed by atoms with Crippen LogP contribution in [0.2, 0.25) is 0 Å². The van der Waals surface area contributed by atoms with Gasteiger partial charge in [0.25, 0.3) is 20.3 Å². The first kappa shape index (κ1) is 21.7. The third-order valence-corrected chi connectivity index (χ3v) is 7.17. The predicted molar refractivity (Wildman–Crippen MR) is 117 cm³/mol. The molecule has 1 aromatic heterocycles. The molecule has 3 rings (SSSR count). The third kappa shape index (κ3) is 5.14. The van der Waals surface area contributed by atoms with Gasteiger partial charge in [-0.2, -0.15) is 8.42 Å². The van der Waals surface area contributed by atoms with Gasteiger partial charge in [0.2, 0.25) is 5.13 Å². The van der Waals surface area contributed by atoms with Gasteiger partial charge in [0.1, 0.15) is 5.75 Å². The lowest BCUT2D eigenvalue weighted by Crippen LogP contribution is -2.26. The number of ether oxygens (including phenoxy) is 1. The highest BCUT2D eigenvalue weighted by atomic mass is 32.2. The largest absolute Gasteiger partial charge is 0.484 e. The number of carbonyl (C=O) groups is 1. The van der Waals surface area contributed by atoms with E-state index in [0.717, 1.165) is 32.3 Å². The molecule has 30 heavy (non-hydrogen) atoms. The molecule has 1 heterocycles. The Morgan fingerprint density at radius 2 is 1.67 bits per heavy atom. The van der Waals surface area contributed by atoms with Crippen LogP contribution in [0.1, 0.15) is 16.7 Å². The Morgan fingerprint density at radius 3 is 2.30 bits per heavy atom. The molecule has 0 radical (unpaired) electrons. The number of amides is 1. The number of benzene rings is 2. The predicted octanol–water partition coefficient (Wildman–Crippen LogP) is 3.31. The van der Waals surface area contributed by atoms with Crippen LogP contribution in [0.15, 0.2) is 46.8 Å². The molecule has 0 spiro atoms. The minimum atomic E-state index is -3.90. The van der Waals surface area contributed by atoms with E-state index in [1.165, 1.54) is 7.05 Å². The highest BCUT2D eigenvalue weighted by Crippen LogP contribution is 2.27. The van der Waals surface area contributed by atoms with Crippen molar-refractivity contribution in [2.75, 3.05) is 23.3 Å². The van der Waals surface area contributed by atoms with Crippen LogP contribution in [-0.4, -0.2) is 38.2 Å². The molecule has 0 saturated carbocycles. The SMILES string of the molecule is Cc1ccc(OCC(=O)Nc2nnc(S(=O)(=O)N(C)c3cc(C)cc(C)c3)s2)cc1. The van der Waals surface area contributed by atoms with Crippen molar-refractivity contribution in [3.63, 3.8) is 0 Å². The van der Waals surface area contributed by atoms with Gasteiger partial charge >= 0.3 is 0 Å². The smallest absolute Gasteiger partial charge is 0.293 e. The van der Waals surface area contributed by atoms with Crippen molar-refractivity contribution >= 4 is 38.1 Å². The summed E-state index contributed by atoms with van der Waals surface area (Å²) in [5.41, 5.74) is 3.51. The lowest BCUT2D eigenvalue weighted by Gasteiger charge is -2.18. The van der Waals surface area contributed by atoms with E-state index < -0.39 is 15.9 Å². The maximum atomic E-state index is 12.9. The number of aromatic nitrogens is 2. The quantitative estimate of drug-likeness (QED) is 0.559. The molecule has 0 unspecified atom stereocenters. The van der Waals surface area contributed by atoms with Crippen LogP contribution in [0.4, 0.5) is 10.8 Å². The molecule has 1 amide bonds. The van der Waals surface area contributed by atoms with E-state index in [2.05, 4.69) is 15.5 Å². The summed E-state index contributed by atoms with van der Waals surface area (Å²) in [6, 6.07) is 12.8. The molecular formula is C20H22N4O4S2. The summed E-state index contributed by atoms with van der Waals surface area (Å²) in [4.78, 5) is 12.1. The van der Waals surface area contributed by atoms with Gasteiger partial charge in [-0.15, -0.1) is 10.2 Å². The number of rotatable bonds is 7. The van der Waals surface area contributed by atoms with Crippen LogP contribution < -0.4 is 14.4 Å². The Bertz CT molecular complexity index is 1140. The number of anilines is 2. The molecule has 0 aliphatic carbocycles. The molecular weight excluding hydrogens is 424 g/mol. The Balaban J connectivity index is 1.66. The average molecular weight is 447 g/mol. The normalized spacial score (nSPS) is 11.2. The van der Waals surface area contributed by atoms with Gasteiger partial charge in [-0.25, -0.2) is 0 Å². The average Bonchev–Trinajstić information content (AvgIpc) is 3.15. The van der Waals surface area contributed by atoms with Gasteiger partial charge in [0.05, 0.1) is 5.69 Å². The van der Waals surface area contributed by atoms with Crippen molar-refractivity contribution in [2.24, 2.45) is 0 Å². The molecule has 158 valence electrons. The minimum absolute atomic E-state index is 0.0832. The van der Waals surface area contributed by atoms with Gasteiger partial charge in [-0.3, -0.25) is 14.4 Å². The maximum Gasteiger partial charge on any atom is 0.293 e. The zero-order valence-corrected chi connectivity index (χ0v) is 18.7. The second-order valence-corrected chi connectivity index (χ2v) is 9.96. The van der Waals surface area contributed by atoms with E-state index in [1.807, 2.05) is 39.0 Å². The first-order chi connectivity index (χ1) is 14.1. The van der Waals surface area contributed by atoms with Crippen LogP contribution in [0.5, 0.6) is 5.75 Å². The third-order valence-electron chi connectivity index (χ3n) is 4.19. The molecule has 0 fully saturated rings. The summed E-state index contributed by atoms with van der Waals surface area (Å²) >= 11 is 0.784. The van der Waals surface area contributed by atoms with Crippen LogP contribution in [0.3, 0.4) is 0 Å². The molecule has 1 N–H and O–H groups in total. The molecule has 8 nitrogen and oxygen atoms in total. The second-order valence-electron chi connectivity index (χ2n) is 6.84. The fourth-order valence-electron chi connectivity index (χ4n) is 2.69. The Hall–Kier alpha value is -2.98. The van der Waals surface area contributed by atoms with Crippen molar-refractivity contribution in [3.05, 3.63) is 59.2 Å². The number of nitrogens with one attached hydrogen (secondary N) is 1. The lowest BCUT2D eigenvalue weighted by atomic mass is 10.1.